The molecule has 0 atom stereocenters. The molecular weight excluding hydrogens is 215 g/mol. The summed E-state index contributed by atoms with van der Waals surface area (Å²) in [7, 11) is 0. The third-order valence-electron chi connectivity index (χ3n) is 2.94. The van der Waals surface area contributed by atoms with Crippen LogP contribution in [0.1, 0.15) is 12.5 Å². The Morgan fingerprint density at radius 1 is 1.41 bits per heavy atom. The minimum absolute atomic E-state index is 0.172. The molecule has 0 aliphatic carbocycles. The van der Waals surface area contributed by atoms with E-state index in [1.54, 1.807) is 12.1 Å². The Labute approximate surface area is 102 Å². The van der Waals surface area contributed by atoms with Gasteiger partial charge in [-0.2, -0.15) is 0 Å². The maximum Gasteiger partial charge on any atom is 0.123 e. The van der Waals surface area contributed by atoms with E-state index in [9.17, 15) is 4.39 Å². The van der Waals surface area contributed by atoms with Crippen molar-refractivity contribution in [2.45, 2.75) is 6.92 Å². The molecule has 1 aromatic carbocycles. The van der Waals surface area contributed by atoms with Crippen LogP contribution in [0.5, 0.6) is 0 Å². The predicted molar refractivity (Wildman–Crippen MR) is 69.4 cm³/mol. The van der Waals surface area contributed by atoms with E-state index >= 15 is 0 Å². The lowest BCUT2D eigenvalue weighted by Crippen LogP contribution is -2.43. The molecule has 2 rings (SSSR count). The van der Waals surface area contributed by atoms with Crippen molar-refractivity contribution in [1.82, 2.24) is 10.2 Å². The Balaban J connectivity index is 1.96. The zero-order chi connectivity index (χ0) is 12.1. The molecule has 1 heterocycles. The molecule has 0 amide bonds. The van der Waals surface area contributed by atoms with Gasteiger partial charge in [-0.1, -0.05) is 23.8 Å². The number of halogens is 1. The first-order chi connectivity index (χ1) is 8.24. The average molecular weight is 234 g/mol. The summed E-state index contributed by atoms with van der Waals surface area (Å²) in [4.78, 5) is 2.42. The van der Waals surface area contributed by atoms with Crippen molar-refractivity contribution < 1.29 is 4.39 Å². The first kappa shape index (κ1) is 12.3. The molecule has 2 nitrogen and oxygen atoms in total. The zero-order valence-corrected chi connectivity index (χ0v) is 10.2. The monoisotopic (exact) mass is 234 g/mol. The van der Waals surface area contributed by atoms with Crippen LogP contribution >= 0.6 is 0 Å². The van der Waals surface area contributed by atoms with Crippen molar-refractivity contribution in [1.29, 1.82) is 0 Å². The van der Waals surface area contributed by atoms with E-state index in [0.717, 1.165) is 38.3 Å². The molecule has 92 valence electrons. The minimum Gasteiger partial charge on any atom is -0.314 e. The highest BCUT2D eigenvalue weighted by atomic mass is 19.1. The first-order valence-electron chi connectivity index (χ1n) is 6.10. The van der Waals surface area contributed by atoms with Crippen LogP contribution in [0, 0.1) is 5.82 Å². The fourth-order valence-corrected chi connectivity index (χ4v) is 2.15. The quantitative estimate of drug-likeness (QED) is 0.862. The van der Waals surface area contributed by atoms with Gasteiger partial charge < -0.3 is 5.32 Å². The maximum absolute atomic E-state index is 13.0. The molecule has 0 bridgehead atoms. The fraction of sp³-hybridized carbons (Fsp3) is 0.429. The second kappa shape index (κ2) is 5.94. The molecule has 17 heavy (non-hydrogen) atoms. The van der Waals surface area contributed by atoms with Crippen LogP contribution in [-0.4, -0.2) is 37.6 Å². The standard InChI is InChI=1S/C14H19FN2/c1-12(11-17-7-5-16-6-8-17)9-13-3-2-4-14(15)10-13/h2-4,9-10,16H,5-8,11H2,1H3/b12-9+. The van der Waals surface area contributed by atoms with Gasteiger partial charge in [-0.25, -0.2) is 4.39 Å². The van der Waals surface area contributed by atoms with Gasteiger partial charge in [0.25, 0.3) is 0 Å². The summed E-state index contributed by atoms with van der Waals surface area (Å²) in [5.74, 6) is -0.172. The number of rotatable bonds is 3. The van der Waals surface area contributed by atoms with Crippen LogP contribution in [0.3, 0.4) is 0 Å². The highest BCUT2D eigenvalue weighted by Crippen LogP contribution is 2.10. The molecule has 0 saturated carbocycles. The summed E-state index contributed by atoms with van der Waals surface area (Å²) in [6.07, 6.45) is 2.06. The summed E-state index contributed by atoms with van der Waals surface area (Å²) in [6, 6.07) is 6.73. The SMILES string of the molecule is C/C(=C\c1cccc(F)c1)CN1CCNCC1. The molecule has 1 aliphatic rings. The lowest BCUT2D eigenvalue weighted by molar-refractivity contribution is 0.260. The van der Waals surface area contributed by atoms with Crippen molar-refractivity contribution >= 4 is 6.08 Å². The highest BCUT2D eigenvalue weighted by molar-refractivity contribution is 5.52. The number of nitrogens with one attached hydrogen (secondary N) is 1. The molecule has 1 aromatic rings. The lowest BCUT2D eigenvalue weighted by Gasteiger charge is -2.27. The van der Waals surface area contributed by atoms with E-state index in [1.165, 1.54) is 11.6 Å². The maximum atomic E-state index is 13.0. The van der Waals surface area contributed by atoms with Crippen molar-refractivity contribution in [2.75, 3.05) is 32.7 Å². The van der Waals surface area contributed by atoms with Gasteiger partial charge in [0.15, 0.2) is 0 Å². The summed E-state index contributed by atoms with van der Waals surface area (Å²) >= 11 is 0. The van der Waals surface area contributed by atoms with Crippen molar-refractivity contribution in [3.63, 3.8) is 0 Å². The second-order valence-electron chi connectivity index (χ2n) is 4.57. The van der Waals surface area contributed by atoms with E-state index in [0.29, 0.717) is 0 Å². The van der Waals surface area contributed by atoms with Gasteiger partial charge >= 0.3 is 0 Å². The van der Waals surface area contributed by atoms with E-state index in [-0.39, 0.29) is 5.82 Å². The van der Waals surface area contributed by atoms with Crippen LogP contribution in [0.2, 0.25) is 0 Å². The van der Waals surface area contributed by atoms with Crippen LogP contribution in [-0.2, 0) is 0 Å². The molecule has 0 aromatic heterocycles. The molecule has 3 heteroatoms. The fourth-order valence-electron chi connectivity index (χ4n) is 2.15. The Morgan fingerprint density at radius 2 is 2.18 bits per heavy atom. The summed E-state index contributed by atoms with van der Waals surface area (Å²) in [6.45, 7) is 7.38. The van der Waals surface area contributed by atoms with E-state index < -0.39 is 0 Å². The molecule has 1 fully saturated rings. The third kappa shape index (κ3) is 3.95. The van der Waals surface area contributed by atoms with Crippen LogP contribution < -0.4 is 5.32 Å². The number of nitrogens with zero attached hydrogens (tertiary/aromatic N) is 1. The van der Waals surface area contributed by atoms with Gasteiger partial charge in [0.1, 0.15) is 5.82 Å². The minimum atomic E-state index is -0.172. The molecule has 1 saturated heterocycles. The van der Waals surface area contributed by atoms with Crippen LogP contribution in [0.4, 0.5) is 4.39 Å². The topological polar surface area (TPSA) is 15.3 Å². The second-order valence-corrected chi connectivity index (χ2v) is 4.57. The molecule has 0 unspecified atom stereocenters. The average Bonchev–Trinajstić information content (AvgIpc) is 2.30. The summed E-state index contributed by atoms with van der Waals surface area (Å²) in [5, 5.41) is 3.33. The zero-order valence-electron chi connectivity index (χ0n) is 10.2. The molecule has 0 radical (unpaired) electrons. The number of hydrogen-bond donors (Lipinski definition) is 1. The number of hydrogen-bond acceptors (Lipinski definition) is 2. The molecule has 0 spiro atoms. The van der Waals surface area contributed by atoms with E-state index in [2.05, 4.69) is 23.2 Å². The van der Waals surface area contributed by atoms with E-state index in [4.69, 9.17) is 0 Å². The normalized spacial score (nSPS) is 18.4. The molecular formula is C14H19FN2. The smallest absolute Gasteiger partial charge is 0.123 e. The number of piperazine rings is 1. The van der Waals surface area contributed by atoms with Crippen LogP contribution in [0.25, 0.3) is 6.08 Å². The van der Waals surface area contributed by atoms with Gasteiger partial charge in [0.2, 0.25) is 0 Å². The van der Waals surface area contributed by atoms with Crippen molar-refractivity contribution in [2.24, 2.45) is 0 Å². The first-order valence-corrected chi connectivity index (χ1v) is 6.10. The van der Waals surface area contributed by atoms with Crippen LogP contribution in [0.15, 0.2) is 29.8 Å². The van der Waals surface area contributed by atoms with Gasteiger partial charge in [0, 0.05) is 32.7 Å². The van der Waals surface area contributed by atoms with E-state index in [1.807, 2.05) is 6.07 Å². The van der Waals surface area contributed by atoms with Crippen molar-refractivity contribution in [3.05, 3.63) is 41.2 Å². The summed E-state index contributed by atoms with van der Waals surface area (Å²) < 4.78 is 13.0. The largest absolute Gasteiger partial charge is 0.314 e. The Bertz CT molecular complexity index is 395. The lowest BCUT2D eigenvalue weighted by atomic mass is 10.1. The van der Waals surface area contributed by atoms with Gasteiger partial charge in [-0.15, -0.1) is 0 Å². The highest BCUT2D eigenvalue weighted by Gasteiger charge is 2.09. The van der Waals surface area contributed by atoms with Gasteiger partial charge in [0.05, 0.1) is 0 Å². The Morgan fingerprint density at radius 3 is 2.88 bits per heavy atom. The van der Waals surface area contributed by atoms with Gasteiger partial charge in [-0.3, -0.25) is 4.90 Å². The predicted octanol–water partition coefficient (Wildman–Crippen LogP) is 2.13. The summed E-state index contributed by atoms with van der Waals surface area (Å²) in [5.41, 5.74) is 2.22. The molecule has 1 aliphatic heterocycles. The number of benzene rings is 1. The Hall–Kier alpha value is -1.19. The van der Waals surface area contributed by atoms with Gasteiger partial charge in [-0.05, 0) is 24.6 Å². The third-order valence-corrected chi connectivity index (χ3v) is 2.94. The molecule has 1 N–H and O–H groups in total. The van der Waals surface area contributed by atoms with Crippen molar-refractivity contribution in [3.8, 4) is 0 Å². The Kier molecular flexibility index (Phi) is 4.29.